The second kappa shape index (κ2) is 7.48. The van der Waals surface area contributed by atoms with Gasteiger partial charge in [0.25, 0.3) is 0 Å². The molecular weight excluding hydrogens is 268 g/mol. The molecule has 0 aromatic rings. The Morgan fingerprint density at radius 3 is 2.52 bits per heavy atom. The van der Waals surface area contributed by atoms with Crippen LogP contribution in [-0.2, 0) is 4.79 Å². The van der Waals surface area contributed by atoms with Gasteiger partial charge in [-0.1, -0.05) is 24.5 Å². The molecule has 0 saturated heterocycles. The second-order valence-electron chi connectivity index (χ2n) is 6.26. The molecule has 5 nitrogen and oxygen atoms in total. The molecule has 3 N–H and O–H groups in total. The molecule has 0 spiro atoms. The molecule has 5 heteroatoms. The molecule has 0 aromatic carbocycles. The standard InChI is InChI=1S/C16H26N2O3/c19-14(20)16(9-4-5-10-16)12-18-15(21)17-11-8-13-6-2-1-3-7-13/h6H,1-5,7-12H2,(H,19,20)(H2,17,18,21). The Hall–Kier alpha value is -1.52. The normalized spacial score (nSPS) is 20.7. The lowest BCUT2D eigenvalue weighted by molar-refractivity contribution is -0.148. The fraction of sp³-hybridized carbons (Fsp3) is 0.750. The summed E-state index contributed by atoms with van der Waals surface area (Å²) in [6, 6.07) is -0.251. The minimum atomic E-state index is -0.785. The van der Waals surface area contributed by atoms with Gasteiger partial charge in [0.2, 0.25) is 0 Å². The van der Waals surface area contributed by atoms with E-state index in [4.69, 9.17) is 0 Å². The summed E-state index contributed by atoms with van der Waals surface area (Å²) in [5.41, 5.74) is 0.683. The lowest BCUT2D eigenvalue weighted by Gasteiger charge is -2.24. The van der Waals surface area contributed by atoms with Crippen LogP contribution in [0.25, 0.3) is 0 Å². The molecule has 0 aliphatic heterocycles. The van der Waals surface area contributed by atoms with Crippen LogP contribution in [0.2, 0.25) is 0 Å². The lowest BCUT2D eigenvalue weighted by atomic mass is 9.86. The molecule has 2 rings (SSSR count). The molecule has 0 aromatic heterocycles. The van der Waals surface area contributed by atoms with Crippen molar-refractivity contribution < 1.29 is 14.7 Å². The van der Waals surface area contributed by atoms with E-state index in [0.717, 1.165) is 32.1 Å². The number of amides is 2. The topological polar surface area (TPSA) is 78.4 Å². The smallest absolute Gasteiger partial charge is 0.314 e. The number of allylic oxidation sites excluding steroid dienone is 1. The van der Waals surface area contributed by atoms with E-state index in [1.54, 1.807) is 0 Å². The molecule has 0 bridgehead atoms. The Bertz CT molecular complexity index is 412. The highest BCUT2D eigenvalue weighted by Crippen LogP contribution is 2.37. The molecule has 1 saturated carbocycles. The van der Waals surface area contributed by atoms with Crippen LogP contribution in [0.1, 0.15) is 57.8 Å². The zero-order chi connectivity index (χ0) is 15.1. The average molecular weight is 294 g/mol. The minimum absolute atomic E-state index is 0.233. The van der Waals surface area contributed by atoms with E-state index in [1.807, 2.05) is 0 Å². The zero-order valence-corrected chi connectivity index (χ0v) is 12.6. The third-order valence-electron chi connectivity index (χ3n) is 4.72. The molecular formula is C16H26N2O3. The van der Waals surface area contributed by atoms with Gasteiger partial charge in [-0.2, -0.15) is 0 Å². The predicted octanol–water partition coefficient (Wildman–Crippen LogP) is 2.82. The molecule has 21 heavy (non-hydrogen) atoms. The van der Waals surface area contributed by atoms with Crippen LogP contribution < -0.4 is 10.6 Å². The van der Waals surface area contributed by atoms with Gasteiger partial charge in [-0.3, -0.25) is 4.79 Å². The van der Waals surface area contributed by atoms with Crippen molar-refractivity contribution in [2.75, 3.05) is 13.1 Å². The van der Waals surface area contributed by atoms with Crippen LogP contribution in [-0.4, -0.2) is 30.2 Å². The van der Waals surface area contributed by atoms with Crippen molar-refractivity contribution in [3.63, 3.8) is 0 Å². The summed E-state index contributed by atoms with van der Waals surface area (Å²) in [5.74, 6) is -0.785. The molecule has 2 aliphatic carbocycles. The quantitative estimate of drug-likeness (QED) is 0.659. The predicted molar refractivity (Wildman–Crippen MR) is 81.1 cm³/mol. The molecule has 0 radical (unpaired) electrons. The van der Waals surface area contributed by atoms with E-state index in [2.05, 4.69) is 16.7 Å². The Morgan fingerprint density at radius 2 is 1.90 bits per heavy atom. The summed E-state index contributed by atoms with van der Waals surface area (Å²) in [5, 5.41) is 14.9. The van der Waals surface area contributed by atoms with Crippen molar-refractivity contribution in [1.82, 2.24) is 10.6 Å². The first kappa shape index (κ1) is 15.9. The molecule has 0 atom stereocenters. The van der Waals surface area contributed by atoms with Crippen LogP contribution >= 0.6 is 0 Å². The monoisotopic (exact) mass is 294 g/mol. The molecule has 0 unspecified atom stereocenters. The van der Waals surface area contributed by atoms with Crippen molar-refractivity contribution in [3.8, 4) is 0 Å². The van der Waals surface area contributed by atoms with E-state index >= 15 is 0 Å². The average Bonchev–Trinajstić information content (AvgIpc) is 2.96. The van der Waals surface area contributed by atoms with E-state index in [9.17, 15) is 14.7 Å². The van der Waals surface area contributed by atoms with Crippen LogP contribution in [0.4, 0.5) is 4.79 Å². The third-order valence-corrected chi connectivity index (χ3v) is 4.72. The number of hydrogen-bond acceptors (Lipinski definition) is 2. The Balaban J connectivity index is 1.67. The number of carbonyl (C=O) groups excluding carboxylic acids is 1. The van der Waals surface area contributed by atoms with Crippen molar-refractivity contribution in [1.29, 1.82) is 0 Å². The van der Waals surface area contributed by atoms with Crippen LogP contribution in [0.15, 0.2) is 11.6 Å². The van der Waals surface area contributed by atoms with Crippen LogP contribution in [0, 0.1) is 5.41 Å². The summed E-state index contributed by atoms with van der Waals surface area (Å²) in [6.07, 6.45) is 11.2. The van der Waals surface area contributed by atoms with Gasteiger partial charge in [-0.05, 0) is 44.9 Å². The van der Waals surface area contributed by atoms with Gasteiger partial charge in [0, 0.05) is 13.1 Å². The number of hydrogen-bond donors (Lipinski definition) is 3. The Labute approximate surface area is 126 Å². The third kappa shape index (κ3) is 4.48. The minimum Gasteiger partial charge on any atom is -0.481 e. The molecule has 1 fully saturated rings. The summed E-state index contributed by atoms with van der Waals surface area (Å²) in [6.45, 7) is 0.856. The highest BCUT2D eigenvalue weighted by Gasteiger charge is 2.41. The van der Waals surface area contributed by atoms with Crippen LogP contribution in [0.5, 0.6) is 0 Å². The Morgan fingerprint density at radius 1 is 1.14 bits per heavy atom. The first-order valence-electron chi connectivity index (χ1n) is 8.05. The molecule has 2 amide bonds. The van der Waals surface area contributed by atoms with Crippen LogP contribution in [0.3, 0.4) is 0 Å². The number of carboxylic acids is 1. The van der Waals surface area contributed by atoms with E-state index in [1.165, 1.54) is 18.4 Å². The fourth-order valence-electron chi connectivity index (χ4n) is 3.30. The Kier molecular flexibility index (Phi) is 5.65. The summed E-state index contributed by atoms with van der Waals surface area (Å²) >= 11 is 0. The zero-order valence-electron chi connectivity index (χ0n) is 12.6. The number of rotatable bonds is 6. The number of carboxylic acid groups (broad SMARTS) is 1. The van der Waals surface area contributed by atoms with Gasteiger partial charge >= 0.3 is 12.0 Å². The van der Waals surface area contributed by atoms with E-state index in [-0.39, 0.29) is 12.6 Å². The van der Waals surface area contributed by atoms with Crippen molar-refractivity contribution in [2.45, 2.75) is 57.8 Å². The summed E-state index contributed by atoms with van der Waals surface area (Å²) in [4.78, 5) is 23.1. The first-order chi connectivity index (χ1) is 10.1. The van der Waals surface area contributed by atoms with Gasteiger partial charge in [0.15, 0.2) is 0 Å². The number of carbonyl (C=O) groups is 2. The summed E-state index contributed by atoms with van der Waals surface area (Å²) in [7, 11) is 0. The maximum Gasteiger partial charge on any atom is 0.314 e. The summed E-state index contributed by atoms with van der Waals surface area (Å²) < 4.78 is 0. The second-order valence-corrected chi connectivity index (χ2v) is 6.26. The van der Waals surface area contributed by atoms with Gasteiger partial charge in [-0.15, -0.1) is 0 Å². The number of urea groups is 1. The molecule has 118 valence electrons. The van der Waals surface area contributed by atoms with E-state index in [0.29, 0.717) is 19.4 Å². The van der Waals surface area contributed by atoms with Crippen molar-refractivity contribution in [2.24, 2.45) is 5.41 Å². The van der Waals surface area contributed by atoms with Gasteiger partial charge < -0.3 is 15.7 Å². The SMILES string of the molecule is O=C(NCCC1=CCCCC1)NCC1(C(=O)O)CCCC1. The van der Waals surface area contributed by atoms with Gasteiger partial charge in [0.05, 0.1) is 5.41 Å². The van der Waals surface area contributed by atoms with Gasteiger partial charge in [0.1, 0.15) is 0 Å². The number of nitrogens with one attached hydrogen (secondary N) is 2. The lowest BCUT2D eigenvalue weighted by Crippen LogP contribution is -2.45. The largest absolute Gasteiger partial charge is 0.481 e. The van der Waals surface area contributed by atoms with Crippen molar-refractivity contribution >= 4 is 12.0 Å². The van der Waals surface area contributed by atoms with Gasteiger partial charge in [-0.25, -0.2) is 4.79 Å². The van der Waals surface area contributed by atoms with E-state index < -0.39 is 11.4 Å². The fourth-order valence-corrected chi connectivity index (χ4v) is 3.30. The maximum absolute atomic E-state index is 11.8. The number of aliphatic carboxylic acids is 1. The molecule has 2 aliphatic rings. The maximum atomic E-state index is 11.8. The molecule has 0 heterocycles. The van der Waals surface area contributed by atoms with Crippen molar-refractivity contribution in [3.05, 3.63) is 11.6 Å². The highest BCUT2D eigenvalue weighted by atomic mass is 16.4. The first-order valence-corrected chi connectivity index (χ1v) is 8.05. The highest BCUT2D eigenvalue weighted by molar-refractivity contribution is 5.78.